The van der Waals surface area contributed by atoms with E-state index in [0.717, 1.165) is 47.7 Å². The monoisotopic (exact) mass is 507 g/mol. The van der Waals surface area contributed by atoms with Crippen molar-refractivity contribution in [2.75, 3.05) is 31.1 Å². The third kappa shape index (κ3) is 5.89. The number of nitrogens with one attached hydrogen (secondary N) is 1. The van der Waals surface area contributed by atoms with Gasteiger partial charge in [0, 0.05) is 30.9 Å². The molecular weight excluding hydrogens is 470 g/mol. The topological polar surface area (TPSA) is 52.7 Å². The highest BCUT2D eigenvalue weighted by Crippen LogP contribution is 2.40. The zero-order valence-electron chi connectivity index (χ0n) is 22.2. The van der Waals surface area contributed by atoms with Crippen LogP contribution in [0.25, 0.3) is 0 Å². The lowest BCUT2D eigenvalue weighted by Gasteiger charge is -2.37. The summed E-state index contributed by atoms with van der Waals surface area (Å²) < 4.78 is 0. The summed E-state index contributed by atoms with van der Waals surface area (Å²) in [5.41, 5.74) is 5.75. The number of likely N-dealkylation sites (tertiary alicyclic amines) is 1. The number of carbonyl (C=O) groups is 2. The molecule has 0 saturated carbocycles. The minimum atomic E-state index is -0.256. The van der Waals surface area contributed by atoms with Gasteiger partial charge < -0.3 is 15.1 Å². The van der Waals surface area contributed by atoms with Gasteiger partial charge in [0.05, 0.1) is 11.6 Å². The molecule has 5 rings (SSSR count). The molecule has 5 nitrogen and oxygen atoms in total. The maximum absolute atomic E-state index is 13.8. The highest BCUT2D eigenvalue weighted by Gasteiger charge is 2.35. The summed E-state index contributed by atoms with van der Waals surface area (Å²) in [5, 5.41) is 3.06. The average Bonchev–Trinajstić information content (AvgIpc) is 2.96. The first kappa shape index (κ1) is 25.9. The van der Waals surface area contributed by atoms with Gasteiger partial charge in [-0.15, -0.1) is 0 Å². The molecule has 1 amide bonds. The lowest BCUT2D eigenvalue weighted by Crippen LogP contribution is -2.37. The maximum Gasteiger partial charge on any atom is 0.251 e. The van der Waals surface area contributed by atoms with Crippen LogP contribution in [0.5, 0.6) is 0 Å². The van der Waals surface area contributed by atoms with Gasteiger partial charge in [0.1, 0.15) is 0 Å². The van der Waals surface area contributed by atoms with E-state index in [1.54, 1.807) is 0 Å². The zero-order valence-corrected chi connectivity index (χ0v) is 22.2. The summed E-state index contributed by atoms with van der Waals surface area (Å²) in [6, 6.07) is 26.2. The third-order valence-corrected chi connectivity index (χ3v) is 7.74. The van der Waals surface area contributed by atoms with E-state index in [0.29, 0.717) is 25.1 Å². The molecule has 5 heteroatoms. The summed E-state index contributed by atoms with van der Waals surface area (Å²) in [5.74, 6) is -0.157. The van der Waals surface area contributed by atoms with Crippen LogP contribution in [0, 0.1) is 0 Å². The fourth-order valence-electron chi connectivity index (χ4n) is 5.69. The van der Waals surface area contributed by atoms with Crippen molar-refractivity contribution in [2.45, 2.75) is 45.1 Å². The Morgan fingerprint density at radius 2 is 1.61 bits per heavy atom. The number of rotatable bonds is 8. The van der Waals surface area contributed by atoms with Crippen molar-refractivity contribution in [3.05, 3.63) is 113 Å². The van der Waals surface area contributed by atoms with Crippen LogP contribution in [-0.4, -0.2) is 42.8 Å². The summed E-state index contributed by atoms with van der Waals surface area (Å²) in [7, 11) is 0. The molecule has 3 aromatic carbocycles. The van der Waals surface area contributed by atoms with Crippen molar-refractivity contribution in [1.29, 1.82) is 0 Å². The number of piperidine rings is 1. The van der Waals surface area contributed by atoms with Crippen molar-refractivity contribution >= 4 is 17.4 Å². The minimum Gasteiger partial charge on any atom is -0.351 e. The fraction of sp³-hybridized carbons (Fsp3) is 0.333. The van der Waals surface area contributed by atoms with Gasteiger partial charge >= 0.3 is 0 Å². The quantitative estimate of drug-likeness (QED) is 0.396. The number of para-hydroxylation sites is 1. The number of amides is 1. The van der Waals surface area contributed by atoms with E-state index < -0.39 is 0 Å². The molecule has 1 fully saturated rings. The van der Waals surface area contributed by atoms with Gasteiger partial charge in [-0.05, 0) is 74.2 Å². The highest BCUT2D eigenvalue weighted by atomic mass is 16.1. The van der Waals surface area contributed by atoms with Crippen LogP contribution in [0.3, 0.4) is 0 Å². The largest absolute Gasteiger partial charge is 0.351 e. The van der Waals surface area contributed by atoms with E-state index in [-0.39, 0.29) is 17.6 Å². The van der Waals surface area contributed by atoms with Gasteiger partial charge in [-0.25, -0.2) is 0 Å². The van der Waals surface area contributed by atoms with E-state index in [1.807, 2.05) is 67.6 Å². The highest BCUT2D eigenvalue weighted by molar-refractivity contribution is 6.07. The van der Waals surface area contributed by atoms with E-state index in [1.165, 1.54) is 19.3 Å². The predicted octanol–water partition coefficient (Wildman–Crippen LogP) is 5.72. The molecule has 2 aliphatic heterocycles. The summed E-state index contributed by atoms with van der Waals surface area (Å²) in [6.45, 7) is 6.42. The second-order valence-corrected chi connectivity index (χ2v) is 10.3. The SMILES string of the molecule is CC=C1C(=O)C(Cc2ccc(C(=O)NCCN3CCCCC3)cc2)c2ccccc2N1Cc1ccccc1. The van der Waals surface area contributed by atoms with Crippen molar-refractivity contribution in [3.63, 3.8) is 0 Å². The maximum atomic E-state index is 13.8. The minimum absolute atomic E-state index is 0.0413. The van der Waals surface area contributed by atoms with Crippen LogP contribution >= 0.6 is 0 Å². The molecule has 1 saturated heterocycles. The van der Waals surface area contributed by atoms with Crippen molar-refractivity contribution in [3.8, 4) is 0 Å². The van der Waals surface area contributed by atoms with Gasteiger partial charge in [-0.3, -0.25) is 9.59 Å². The number of fused-ring (bicyclic) bond motifs is 1. The standard InChI is InChI=1S/C33H37N3O2/c1-2-30-32(37)29(28-13-7-8-14-31(28)36(30)24-26-11-5-3-6-12-26)23-25-15-17-27(18-16-25)33(38)34-19-22-35-20-9-4-10-21-35/h2-3,5-8,11-18,29H,4,9-10,19-24H2,1H3,(H,34,38). The van der Waals surface area contributed by atoms with E-state index in [2.05, 4.69) is 39.4 Å². The number of hydrogen-bond acceptors (Lipinski definition) is 4. The van der Waals surface area contributed by atoms with Gasteiger partial charge in [0.2, 0.25) is 0 Å². The number of benzene rings is 3. The first-order chi connectivity index (χ1) is 18.6. The lowest BCUT2D eigenvalue weighted by molar-refractivity contribution is -0.117. The van der Waals surface area contributed by atoms with Crippen LogP contribution in [0.1, 0.15) is 59.2 Å². The molecule has 3 aromatic rings. The summed E-state index contributed by atoms with van der Waals surface area (Å²) >= 11 is 0. The molecular formula is C33H37N3O2. The lowest BCUT2D eigenvalue weighted by atomic mass is 9.82. The van der Waals surface area contributed by atoms with Crippen LogP contribution in [-0.2, 0) is 17.8 Å². The van der Waals surface area contributed by atoms with Crippen LogP contribution in [0.15, 0.2) is 90.6 Å². The number of carbonyl (C=O) groups excluding carboxylic acids is 2. The average molecular weight is 508 g/mol. The Hall–Kier alpha value is -3.70. The number of allylic oxidation sites excluding steroid dienone is 2. The van der Waals surface area contributed by atoms with Gasteiger partial charge in [-0.2, -0.15) is 0 Å². The normalized spacial score (nSPS) is 18.9. The molecule has 1 unspecified atom stereocenters. The smallest absolute Gasteiger partial charge is 0.251 e. The first-order valence-corrected chi connectivity index (χ1v) is 13.8. The Morgan fingerprint density at radius 1 is 0.895 bits per heavy atom. The Bertz CT molecular complexity index is 1280. The third-order valence-electron chi connectivity index (χ3n) is 7.74. The van der Waals surface area contributed by atoms with Gasteiger partial charge in [-0.1, -0.05) is 73.2 Å². The van der Waals surface area contributed by atoms with Crippen molar-refractivity contribution < 1.29 is 9.59 Å². The Balaban J connectivity index is 1.28. The molecule has 38 heavy (non-hydrogen) atoms. The Labute approximate surface area is 226 Å². The molecule has 1 N–H and O–H groups in total. The molecule has 1 atom stereocenters. The van der Waals surface area contributed by atoms with Crippen molar-refractivity contribution in [1.82, 2.24) is 10.2 Å². The number of ketones is 1. The second kappa shape index (κ2) is 12.2. The molecule has 0 aromatic heterocycles. The fourth-order valence-corrected chi connectivity index (χ4v) is 5.69. The summed E-state index contributed by atoms with van der Waals surface area (Å²) in [6.07, 6.45) is 6.36. The van der Waals surface area contributed by atoms with E-state index in [4.69, 9.17) is 0 Å². The molecule has 2 aliphatic rings. The number of Topliss-reactive ketones (excluding diaryl/α,β-unsaturated/α-hetero) is 1. The zero-order chi connectivity index (χ0) is 26.3. The molecule has 0 aliphatic carbocycles. The molecule has 196 valence electrons. The first-order valence-electron chi connectivity index (χ1n) is 13.8. The molecule has 0 spiro atoms. The van der Waals surface area contributed by atoms with E-state index in [9.17, 15) is 9.59 Å². The van der Waals surface area contributed by atoms with Crippen LogP contribution in [0.2, 0.25) is 0 Å². The van der Waals surface area contributed by atoms with Crippen LogP contribution in [0.4, 0.5) is 5.69 Å². The number of nitrogens with zero attached hydrogens (tertiary/aromatic N) is 2. The van der Waals surface area contributed by atoms with Crippen molar-refractivity contribution in [2.24, 2.45) is 0 Å². The molecule has 2 heterocycles. The number of anilines is 1. The molecule has 0 bridgehead atoms. The van der Waals surface area contributed by atoms with Gasteiger partial charge in [0.25, 0.3) is 5.91 Å². The van der Waals surface area contributed by atoms with Crippen LogP contribution < -0.4 is 10.2 Å². The molecule has 0 radical (unpaired) electrons. The Morgan fingerprint density at radius 3 is 2.34 bits per heavy atom. The van der Waals surface area contributed by atoms with Gasteiger partial charge in [0.15, 0.2) is 5.78 Å². The van der Waals surface area contributed by atoms with E-state index >= 15 is 0 Å². The predicted molar refractivity (Wildman–Crippen MR) is 153 cm³/mol. The number of hydrogen-bond donors (Lipinski definition) is 1. The summed E-state index contributed by atoms with van der Waals surface area (Å²) in [4.78, 5) is 31.0. The second-order valence-electron chi connectivity index (χ2n) is 10.3. The Kier molecular flexibility index (Phi) is 8.34.